The molecule has 4 rings (SSSR count). The molecule has 1 N–H and O–H groups in total. The molecule has 1 amide bonds. The fraction of sp³-hybridized carbons (Fsp3) is 0.440. The molecule has 2 aromatic heterocycles. The zero-order valence-electron chi connectivity index (χ0n) is 19.8. The number of halogens is 2. The van der Waals surface area contributed by atoms with E-state index in [0.717, 1.165) is 54.5 Å². The third-order valence-electron chi connectivity index (χ3n) is 5.87. The molecule has 7 nitrogen and oxygen atoms in total. The second kappa shape index (κ2) is 12.2. The molecule has 3 heterocycles. The molecular formula is C25H29Cl2N3O4S. The van der Waals surface area contributed by atoms with Gasteiger partial charge in [-0.3, -0.25) is 4.79 Å². The van der Waals surface area contributed by atoms with Gasteiger partial charge in [0.1, 0.15) is 17.4 Å². The van der Waals surface area contributed by atoms with Gasteiger partial charge < -0.3 is 24.1 Å². The molecule has 0 saturated carbocycles. The van der Waals surface area contributed by atoms with Gasteiger partial charge in [0.05, 0.1) is 23.1 Å². The van der Waals surface area contributed by atoms with E-state index in [1.54, 1.807) is 25.3 Å². The second-order valence-electron chi connectivity index (χ2n) is 8.39. The van der Waals surface area contributed by atoms with Crippen molar-refractivity contribution in [3.63, 3.8) is 0 Å². The number of methoxy groups -OCH3 is 1. The van der Waals surface area contributed by atoms with Gasteiger partial charge in [-0.1, -0.05) is 23.2 Å². The van der Waals surface area contributed by atoms with Gasteiger partial charge in [-0.2, -0.15) is 0 Å². The summed E-state index contributed by atoms with van der Waals surface area (Å²) >= 11 is 13.6. The largest absolute Gasteiger partial charge is 0.486 e. The van der Waals surface area contributed by atoms with E-state index in [1.165, 1.54) is 11.3 Å². The van der Waals surface area contributed by atoms with E-state index in [-0.39, 0.29) is 12.0 Å². The van der Waals surface area contributed by atoms with Gasteiger partial charge in [0, 0.05) is 54.5 Å². The number of hydrogen-bond donors (Lipinski definition) is 1. The van der Waals surface area contributed by atoms with Gasteiger partial charge in [-0.05, 0) is 50.5 Å². The Balaban J connectivity index is 1.51. The minimum atomic E-state index is -0.0960. The van der Waals surface area contributed by atoms with Gasteiger partial charge in [0.25, 0.3) is 5.91 Å². The van der Waals surface area contributed by atoms with E-state index in [1.807, 2.05) is 18.4 Å². The molecule has 1 unspecified atom stereocenters. The van der Waals surface area contributed by atoms with E-state index in [2.05, 4.69) is 9.88 Å². The number of carbonyl (C=O) groups excluding carboxylic acids is 1. The zero-order valence-corrected chi connectivity index (χ0v) is 22.1. The zero-order chi connectivity index (χ0) is 24.8. The number of hydrogen-bond acceptors (Lipinski definition) is 6. The van der Waals surface area contributed by atoms with Crippen LogP contribution in [0.2, 0.25) is 10.0 Å². The summed E-state index contributed by atoms with van der Waals surface area (Å²) in [7, 11) is 1.69. The number of nitrogens with zero attached hydrogens (tertiary/aromatic N) is 2. The fourth-order valence-electron chi connectivity index (χ4n) is 4.10. The Morgan fingerprint density at radius 3 is 2.80 bits per heavy atom. The SMILES string of the molecule is COCCCn1c(-c2csc(COc3cc(Cl)cc(Cl)c3)n2)cc(C(=O)NCC2CCCO2)c1C. The van der Waals surface area contributed by atoms with Crippen molar-refractivity contribution in [2.45, 2.75) is 45.4 Å². The molecule has 1 aliphatic rings. The van der Waals surface area contributed by atoms with Crippen molar-refractivity contribution in [2.24, 2.45) is 0 Å². The lowest BCUT2D eigenvalue weighted by Gasteiger charge is -2.12. The highest BCUT2D eigenvalue weighted by Gasteiger charge is 2.22. The van der Waals surface area contributed by atoms with Crippen molar-refractivity contribution >= 4 is 40.4 Å². The lowest BCUT2D eigenvalue weighted by atomic mass is 10.2. The normalized spacial score (nSPS) is 15.5. The minimum Gasteiger partial charge on any atom is -0.486 e. The van der Waals surface area contributed by atoms with Crippen LogP contribution in [0, 0.1) is 6.92 Å². The first-order valence-electron chi connectivity index (χ1n) is 11.6. The molecule has 0 spiro atoms. The van der Waals surface area contributed by atoms with Crippen LogP contribution in [0.1, 0.15) is 40.3 Å². The van der Waals surface area contributed by atoms with E-state index in [4.69, 9.17) is 42.4 Å². The lowest BCUT2D eigenvalue weighted by Crippen LogP contribution is -2.32. The van der Waals surface area contributed by atoms with Crippen LogP contribution in [-0.2, 0) is 22.6 Å². The van der Waals surface area contributed by atoms with E-state index in [9.17, 15) is 4.79 Å². The maximum atomic E-state index is 13.0. The van der Waals surface area contributed by atoms with Crippen molar-refractivity contribution in [2.75, 3.05) is 26.9 Å². The molecule has 1 aliphatic heterocycles. The molecule has 1 atom stereocenters. The van der Waals surface area contributed by atoms with Crippen LogP contribution in [-0.4, -0.2) is 48.4 Å². The predicted octanol–water partition coefficient (Wildman–Crippen LogP) is 5.75. The molecule has 1 aromatic carbocycles. The van der Waals surface area contributed by atoms with Crippen molar-refractivity contribution in [3.8, 4) is 17.1 Å². The van der Waals surface area contributed by atoms with E-state index < -0.39 is 0 Å². The molecule has 3 aromatic rings. The van der Waals surface area contributed by atoms with Crippen LogP contribution >= 0.6 is 34.5 Å². The highest BCUT2D eigenvalue weighted by molar-refractivity contribution is 7.09. The Hall–Kier alpha value is -2.10. The van der Waals surface area contributed by atoms with Gasteiger partial charge in [-0.15, -0.1) is 11.3 Å². The van der Waals surface area contributed by atoms with Crippen LogP contribution < -0.4 is 10.1 Å². The van der Waals surface area contributed by atoms with Crippen molar-refractivity contribution in [1.82, 2.24) is 14.9 Å². The number of nitrogens with one attached hydrogen (secondary N) is 1. The van der Waals surface area contributed by atoms with Crippen LogP contribution in [0.5, 0.6) is 5.75 Å². The van der Waals surface area contributed by atoms with Crippen LogP contribution in [0.15, 0.2) is 29.6 Å². The summed E-state index contributed by atoms with van der Waals surface area (Å²) in [5, 5.41) is 6.86. The number of benzene rings is 1. The summed E-state index contributed by atoms with van der Waals surface area (Å²) < 4.78 is 18.8. The molecule has 35 heavy (non-hydrogen) atoms. The minimum absolute atomic E-state index is 0.0954. The Bertz CT molecular complexity index is 1140. The highest BCUT2D eigenvalue weighted by Crippen LogP contribution is 2.29. The topological polar surface area (TPSA) is 74.6 Å². The van der Waals surface area contributed by atoms with Crippen LogP contribution in [0.25, 0.3) is 11.4 Å². The summed E-state index contributed by atoms with van der Waals surface area (Å²) in [5.41, 5.74) is 3.25. The number of thiazole rings is 1. The highest BCUT2D eigenvalue weighted by atomic mass is 35.5. The van der Waals surface area contributed by atoms with Gasteiger partial charge in [0.15, 0.2) is 0 Å². The third kappa shape index (κ3) is 6.77. The Labute approximate surface area is 219 Å². The smallest absolute Gasteiger partial charge is 0.253 e. The van der Waals surface area contributed by atoms with E-state index in [0.29, 0.717) is 41.1 Å². The quantitative estimate of drug-likeness (QED) is 0.315. The van der Waals surface area contributed by atoms with Crippen LogP contribution in [0.4, 0.5) is 0 Å². The Kier molecular flexibility index (Phi) is 9.08. The van der Waals surface area contributed by atoms with Crippen molar-refractivity contribution in [3.05, 3.63) is 56.0 Å². The maximum absolute atomic E-state index is 13.0. The Morgan fingerprint density at radius 2 is 2.09 bits per heavy atom. The summed E-state index contributed by atoms with van der Waals surface area (Å²) in [4.78, 5) is 17.8. The summed E-state index contributed by atoms with van der Waals surface area (Å²) in [6.45, 7) is 4.90. The summed E-state index contributed by atoms with van der Waals surface area (Å²) in [6, 6.07) is 7.01. The number of amides is 1. The third-order valence-corrected chi connectivity index (χ3v) is 7.13. The first-order valence-corrected chi connectivity index (χ1v) is 13.2. The van der Waals surface area contributed by atoms with Crippen molar-refractivity contribution < 1.29 is 19.0 Å². The lowest BCUT2D eigenvalue weighted by molar-refractivity contribution is 0.0857. The summed E-state index contributed by atoms with van der Waals surface area (Å²) in [6.07, 6.45) is 2.94. The maximum Gasteiger partial charge on any atom is 0.253 e. The summed E-state index contributed by atoms with van der Waals surface area (Å²) in [5.74, 6) is 0.490. The van der Waals surface area contributed by atoms with Gasteiger partial charge in [0.2, 0.25) is 0 Å². The predicted molar refractivity (Wildman–Crippen MR) is 139 cm³/mol. The van der Waals surface area contributed by atoms with Gasteiger partial charge in [-0.25, -0.2) is 4.98 Å². The molecule has 188 valence electrons. The molecule has 10 heteroatoms. The standard InChI is InChI=1S/C25H29Cl2N3O4S/c1-16-21(25(31)28-13-19-5-3-8-33-19)12-23(30(16)6-4-7-32-2)22-15-35-24(29-22)14-34-20-10-17(26)9-18(27)11-20/h9-12,15,19H,3-8,13-14H2,1-2H3,(H,28,31). The molecule has 1 fully saturated rings. The first kappa shape index (κ1) is 26.0. The fourth-order valence-corrected chi connectivity index (χ4v) is 5.31. The first-order chi connectivity index (χ1) is 16.9. The second-order valence-corrected chi connectivity index (χ2v) is 10.2. The number of ether oxygens (including phenoxy) is 3. The molecular weight excluding hydrogens is 509 g/mol. The molecule has 0 bridgehead atoms. The van der Waals surface area contributed by atoms with Crippen molar-refractivity contribution in [1.29, 1.82) is 0 Å². The average molecular weight is 538 g/mol. The van der Waals surface area contributed by atoms with E-state index >= 15 is 0 Å². The molecule has 0 aliphatic carbocycles. The molecule has 1 saturated heterocycles. The van der Waals surface area contributed by atoms with Crippen LogP contribution in [0.3, 0.4) is 0 Å². The van der Waals surface area contributed by atoms with Gasteiger partial charge >= 0.3 is 0 Å². The monoisotopic (exact) mass is 537 g/mol. The molecule has 0 radical (unpaired) electrons. The Morgan fingerprint density at radius 1 is 1.29 bits per heavy atom. The number of aromatic nitrogens is 2. The number of carbonyl (C=O) groups is 1. The average Bonchev–Trinajstić information content (AvgIpc) is 3.57. The number of rotatable bonds is 11.